The summed E-state index contributed by atoms with van der Waals surface area (Å²) in [5.74, 6) is -2.26. The summed E-state index contributed by atoms with van der Waals surface area (Å²) in [5.41, 5.74) is -0.510. The summed E-state index contributed by atoms with van der Waals surface area (Å²) in [6.07, 6.45) is 1.99. The third-order valence-electron chi connectivity index (χ3n) is 2.30. The van der Waals surface area contributed by atoms with E-state index in [-0.39, 0.29) is 17.3 Å². The number of carboxylic acids is 1. The fourth-order valence-corrected chi connectivity index (χ4v) is 1.38. The zero-order valence-electron chi connectivity index (χ0n) is 9.78. The number of anilines is 2. The van der Waals surface area contributed by atoms with Crippen LogP contribution in [-0.4, -0.2) is 26.0 Å². The van der Waals surface area contributed by atoms with Crippen LogP contribution in [0.25, 0.3) is 0 Å². The first-order chi connectivity index (χ1) is 9.47. The zero-order chi connectivity index (χ0) is 14.7. The van der Waals surface area contributed by atoms with Crippen LogP contribution in [0.3, 0.4) is 0 Å². The highest BCUT2D eigenvalue weighted by Gasteiger charge is 2.11. The molecule has 9 heteroatoms. The van der Waals surface area contributed by atoms with E-state index in [1.165, 1.54) is 6.07 Å². The molecule has 0 amide bonds. The Morgan fingerprint density at radius 1 is 1.35 bits per heavy atom. The van der Waals surface area contributed by atoms with Crippen LogP contribution in [0.1, 0.15) is 10.4 Å². The molecular formula is C11H7FN4O4. The number of nitrogens with zero attached hydrogens (tertiary/aromatic N) is 3. The van der Waals surface area contributed by atoms with Crippen LogP contribution in [0.15, 0.2) is 30.6 Å². The second kappa shape index (κ2) is 5.26. The summed E-state index contributed by atoms with van der Waals surface area (Å²) in [6.45, 7) is 0. The van der Waals surface area contributed by atoms with Crippen LogP contribution < -0.4 is 5.32 Å². The van der Waals surface area contributed by atoms with E-state index in [2.05, 4.69) is 15.3 Å². The summed E-state index contributed by atoms with van der Waals surface area (Å²) < 4.78 is 13.4. The van der Waals surface area contributed by atoms with Gasteiger partial charge in [0.15, 0.2) is 0 Å². The highest BCUT2D eigenvalue weighted by molar-refractivity contribution is 5.88. The van der Waals surface area contributed by atoms with Gasteiger partial charge in [-0.1, -0.05) is 0 Å². The molecule has 1 heterocycles. The van der Waals surface area contributed by atoms with Crippen molar-refractivity contribution in [2.75, 3.05) is 5.32 Å². The van der Waals surface area contributed by atoms with Gasteiger partial charge in [-0.3, -0.25) is 10.1 Å². The van der Waals surface area contributed by atoms with Gasteiger partial charge in [0.25, 0.3) is 0 Å². The van der Waals surface area contributed by atoms with Crippen molar-refractivity contribution in [2.45, 2.75) is 0 Å². The Labute approximate surface area is 111 Å². The minimum absolute atomic E-state index is 0.0260. The van der Waals surface area contributed by atoms with Crippen LogP contribution in [0.2, 0.25) is 0 Å². The van der Waals surface area contributed by atoms with Gasteiger partial charge in [0.1, 0.15) is 18.2 Å². The maximum atomic E-state index is 13.4. The molecule has 2 rings (SSSR count). The quantitative estimate of drug-likeness (QED) is 0.648. The van der Waals surface area contributed by atoms with Gasteiger partial charge < -0.3 is 10.4 Å². The van der Waals surface area contributed by atoms with Gasteiger partial charge in [-0.25, -0.2) is 19.2 Å². The fourth-order valence-electron chi connectivity index (χ4n) is 1.38. The summed E-state index contributed by atoms with van der Waals surface area (Å²) in [7, 11) is 0. The predicted molar refractivity (Wildman–Crippen MR) is 65.3 cm³/mol. The first-order valence-electron chi connectivity index (χ1n) is 5.23. The standard InChI is InChI=1S/C11H7FN4O4/c12-9-3-6(1-2-8(9)10(17)18)15-11-13-4-7(5-14-11)16(19)20/h1-5H,(H,17,18)(H,13,14,15). The Kier molecular flexibility index (Phi) is 3.51. The third kappa shape index (κ3) is 2.83. The molecule has 0 fully saturated rings. The number of aromatic carboxylic acids is 1. The Morgan fingerprint density at radius 2 is 2.00 bits per heavy atom. The molecule has 20 heavy (non-hydrogen) atoms. The van der Waals surface area contributed by atoms with E-state index in [0.717, 1.165) is 24.5 Å². The van der Waals surface area contributed by atoms with Crippen molar-refractivity contribution in [3.8, 4) is 0 Å². The smallest absolute Gasteiger partial charge is 0.338 e. The van der Waals surface area contributed by atoms with E-state index in [9.17, 15) is 19.3 Å². The number of rotatable bonds is 4. The van der Waals surface area contributed by atoms with Crippen LogP contribution in [-0.2, 0) is 0 Å². The SMILES string of the molecule is O=C(O)c1ccc(Nc2ncc([N+](=O)[O-])cn2)cc1F. The highest BCUT2D eigenvalue weighted by atomic mass is 19.1. The number of nitrogens with one attached hydrogen (secondary N) is 1. The van der Waals surface area contributed by atoms with Crippen LogP contribution in [0.5, 0.6) is 0 Å². The lowest BCUT2D eigenvalue weighted by Gasteiger charge is -2.05. The molecule has 0 spiro atoms. The molecular weight excluding hydrogens is 271 g/mol. The van der Waals surface area contributed by atoms with Crippen molar-refractivity contribution in [3.63, 3.8) is 0 Å². The summed E-state index contributed by atoms with van der Waals surface area (Å²) >= 11 is 0. The van der Waals surface area contributed by atoms with Gasteiger partial charge in [-0.05, 0) is 18.2 Å². The van der Waals surface area contributed by atoms with Gasteiger partial charge in [0.2, 0.25) is 5.95 Å². The molecule has 0 aliphatic rings. The molecule has 0 aliphatic heterocycles. The lowest BCUT2D eigenvalue weighted by molar-refractivity contribution is -0.385. The van der Waals surface area contributed by atoms with Gasteiger partial charge in [-0.2, -0.15) is 0 Å². The molecule has 0 saturated carbocycles. The molecule has 1 aromatic carbocycles. The van der Waals surface area contributed by atoms with E-state index in [1.807, 2.05) is 0 Å². The molecule has 0 bridgehead atoms. The number of hydrogen-bond donors (Lipinski definition) is 2. The maximum absolute atomic E-state index is 13.4. The minimum atomic E-state index is -1.37. The zero-order valence-corrected chi connectivity index (χ0v) is 9.78. The number of benzene rings is 1. The van der Waals surface area contributed by atoms with Crippen molar-refractivity contribution in [1.82, 2.24) is 9.97 Å². The second-order valence-electron chi connectivity index (χ2n) is 3.65. The van der Waals surface area contributed by atoms with E-state index >= 15 is 0 Å². The van der Waals surface area contributed by atoms with Crippen molar-refractivity contribution < 1.29 is 19.2 Å². The topological polar surface area (TPSA) is 118 Å². The third-order valence-corrected chi connectivity index (χ3v) is 2.30. The van der Waals surface area contributed by atoms with E-state index in [0.29, 0.717) is 0 Å². The molecule has 0 radical (unpaired) electrons. The monoisotopic (exact) mass is 278 g/mol. The van der Waals surface area contributed by atoms with Gasteiger partial charge >= 0.3 is 11.7 Å². The second-order valence-corrected chi connectivity index (χ2v) is 3.65. The van der Waals surface area contributed by atoms with E-state index in [4.69, 9.17) is 5.11 Å². The molecule has 1 aromatic heterocycles. The molecule has 102 valence electrons. The van der Waals surface area contributed by atoms with Crippen molar-refractivity contribution in [3.05, 3.63) is 52.1 Å². The molecule has 0 aliphatic carbocycles. The van der Waals surface area contributed by atoms with E-state index in [1.54, 1.807) is 0 Å². The molecule has 0 unspecified atom stereocenters. The largest absolute Gasteiger partial charge is 0.478 e. The molecule has 0 saturated heterocycles. The molecule has 8 nitrogen and oxygen atoms in total. The van der Waals surface area contributed by atoms with Crippen LogP contribution in [0.4, 0.5) is 21.7 Å². The number of aromatic nitrogens is 2. The van der Waals surface area contributed by atoms with Crippen LogP contribution in [0, 0.1) is 15.9 Å². The average molecular weight is 278 g/mol. The summed E-state index contributed by atoms with van der Waals surface area (Å²) in [4.78, 5) is 27.8. The molecule has 2 N–H and O–H groups in total. The predicted octanol–water partition coefficient (Wildman–Crippen LogP) is 1.97. The first-order valence-corrected chi connectivity index (χ1v) is 5.23. The number of hydrogen-bond acceptors (Lipinski definition) is 6. The lowest BCUT2D eigenvalue weighted by atomic mass is 10.2. The van der Waals surface area contributed by atoms with Gasteiger partial charge in [0, 0.05) is 5.69 Å². The number of nitro groups is 1. The lowest BCUT2D eigenvalue weighted by Crippen LogP contribution is -2.02. The van der Waals surface area contributed by atoms with Crippen molar-refractivity contribution in [1.29, 1.82) is 0 Å². The number of carbonyl (C=O) groups is 1. The Hall–Kier alpha value is -3.10. The molecule has 2 aromatic rings. The van der Waals surface area contributed by atoms with Gasteiger partial charge in [0.05, 0.1) is 10.5 Å². The summed E-state index contributed by atoms with van der Waals surface area (Å²) in [6, 6.07) is 3.39. The van der Waals surface area contributed by atoms with E-state index < -0.39 is 22.3 Å². The number of carboxylic acid groups (broad SMARTS) is 1. The highest BCUT2D eigenvalue weighted by Crippen LogP contribution is 2.18. The van der Waals surface area contributed by atoms with Gasteiger partial charge in [-0.15, -0.1) is 0 Å². The van der Waals surface area contributed by atoms with Crippen molar-refractivity contribution >= 4 is 23.3 Å². The van der Waals surface area contributed by atoms with Crippen molar-refractivity contribution in [2.24, 2.45) is 0 Å². The first kappa shape index (κ1) is 13.3. The normalized spacial score (nSPS) is 10.1. The van der Waals surface area contributed by atoms with Crippen LogP contribution >= 0.6 is 0 Å². The average Bonchev–Trinajstić information content (AvgIpc) is 2.39. The fraction of sp³-hybridized carbons (Fsp3) is 0. The summed E-state index contributed by atoms with van der Waals surface area (Å²) in [5, 5.41) is 21.7. The minimum Gasteiger partial charge on any atom is -0.478 e. The maximum Gasteiger partial charge on any atom is 0.338 e. The number of halogens is 1. The Bertz CT molecular complexity index is 675. The molecule has 0 atom stereocenters. The Morgan fingerprint density at radius 3 is 2.50 bits per heavy atom. The Balaban J connectivity index is 2.19.